The fourth-order valence-corrected chi connectivity index (χ4v) is 3.55. The Morgan fingerprint density at radius 3 is 2.48 bits per heavy atom. The summed E-state index contributed by atoms with van der Waals surface area (Å²) in [5.41, 5.74) is 4.72. The number of hydrogen-bond acceptors (Lipinski definition) is 3. The van der Waals surface area contributed by atoms with Gasteiger partial charge in [0.15, 0.2) is 0 Å². The van der Waals surface area contributed by atoms with Crippen molar-refractivity contribution in [3.05, 3.63) is 0 Å². The second kappa shape index (κ2) is 5.38. The van der Waals surface area contributed by atoms with Crippen LogP contribution in [0.2, 0.25) is 0 Å². The van der Waals surface area contributed by atoms with Crippen LogP contribution < -0.4 is 5.73 Å². The summed E-state index contributed by atoms with van der Waals surface area (Å²) < 4.78 is 32.0. The van der Waals surface area contributed by atoms with E-state index in [9.17, 15) is 13.6 Å². The molecular weight excluding hydrogens is 278 g/mol. The SMILES string of the molecule is CC(C)(C)OC(=O)N1CCCC(C2(CN)CC(F)(F)C2)C1. The highest BCUT2D eigenvalue weighted by molar-refractivity contribution is 5.68. The van der Waals surface area contributed by atoms with Crippen molar-refractivity contribution in [2.24, 2.45) is 17.1 Å². The number of alkyl halides is 2. The third-order valence-corrected chi connectivity index (χ3v) is 4.57. The lowest BCUT2D eigenvalue weighted by Crippen LogP contribution is -2.58. The molecule has 1 unspecified atom stereocenters. The van der Waals surface area contributed by atoms with Gasteiger partial charge in [0.2, 0.25) is 5.92 Å². The Balaban J connectivity index is 1.99. The average Bonchev–Trinajstić information content (AvgIpc) is 2.33. The molecule has 1 aliphatic heterocycles. The second-order valence-corrected chi connectivity index (χ2v) is 7.54. The van der Waals surface area contributed by atoms with E-state index in [4.69, 9.17) is 10.5 Å². The summed E-state index contributed by atoms with van der Waals surface area (Å²) in [6.07, 6.45) is 1.02. The van der Waals surface area contributed by atoms with Gasteiger partial charge in [0, 0.05) is 25.9 Å². The minimum Gasteiger partial charge on any atom is -0.444 e. The summed E-state index contributed by atoms with van der Waals surface area (Å²) >= 11 is 0. The maximum atomic E-state index is 13.3. The van der Waals surface area contributed by atoms with E-state index in [1.807, 2.05) is 20.8 Å². The van der Waals surface area contributed by atoms with Gasteiger partial charge in [-0.05, 0) is 51.5 Å². The van der Waals surface area contributed by atoms with Crippen LogP contribution in [-0.4, -0.2) is 42.2 Å². The minimum atomic E-state index is -2.59. The quantitative estimate of drug-likeness (QED) is 0.853. The van der Waals surface area contributed by atoms with E-state index in [0.29, 0.717) is 13.1 Å². The number of rotatable bonds is 2. The number of amides is 1. The van der Waals surface area contributed by atoms with Gasteiger partial charge >= 0.3 is 6.09 Å². The van der Waals surface area contributed by atoms with E-state index in [1.54, 1.807) is 4.90 Å². The molecule has 1 atom stereocenters. The summed E-state index contributed by atoms with van der Waals surface area (Å²) in [5, 5.41) is 0. The number of likely N-dealkylation sites (tertiary alicyclic amines) is 1. The summed E-state index contributed by atoms with van der Waals surface area (Å²) in [5.74, 6) is -2.54. The first-order valence-electron chi connectivity index (χ1n) is 7.63. The van der Waals surface area contributed by atoms with Crippen LogP contribution in [-0.2, 0) is 4.74 Å². The Labute approximate surface area is 125 Å². The molecule has 1 aliphatic carbocycles. The van der Waals surface area contributed by atoms with Crippen LogP contribution in [0.3, 0.4) is 0 Å². The molecule has 2 aliphatic rings. The zero-order valence-corrected chi connectivity index (χ0v) is 13.1. The molecule has 1 saturated heterocycles. The molecule has 0 aromatic heterocycles. The van der Waals surface area contributed by atoms with Crippen molar-refractivity contribution < 1.29 is 18.3 Å². The van der Waals surface area contributed by atoms with Gasteiger partial charge < -0.3 is 15.4 Å². The van der Waals surface area contributed by atoms with E-state index in [0.717, 1.165) is 12.8 Å². The number of piperidine rings is 1. The monoisotopic (exact) mass is 304 g/mol. The van der Waals surface area contributed by atoms with Gasteiger partial charge in [0.25, 0.3) is 0 Å². The van der Waals surface area contributed by atoms with Crippen LogP contribution in [0.15, 0.2) is 0 Å². The molecule has 122 valence electrons. The molecule has 1 heterocycles. The van der Waals surface area contributed by atoms with Crippen molar-refractivity contribution in [3.8, 4) is 0 Å². The Hall–Kier alpha value is -0.910. The van der Waals surface area contributed by atoms with Gasteiger partial charge in [0.1, 0.15) is 5.60 Å². The Kier molecular flexibility index (Phi) is 4.21. The predicted octanol–water partition coefficient (Wildman–Crippen LogP) is 3.01. The van der Waals surface area contributed by atoms with E-state index in [1.165, 1.54) is 0 Å². The zero-order valence-electron chi connectivity index (χ0n) is 13.1. The maximum absolute atomic E-state index is 13.3. The standard InChI is InChI=1S/C15H26F2N2O2/c1-13(2,3)21-12(20)19-6-4-5-11(7-19)14(10-18)8-15(16,17)9-14/h11H,4-10,18H2,1-3H3. The molecule has 0 spiro atoms. The van der Waals surface area contributed by atoms with Crippen LogP contribution in [0.25, 0.3) is 0 Å². The van der Waals surface area contributed by atoms with Crippen LogP contribution in [0.5, 0.6) is 0 Å². The number of nitrogens with two attached hydrogens (primary N) is 1. The third-order valence-electron chi connectivity index (χ3n) is 4.57. The number of ether oxygens (including phenoxy) is 1. The number of nitrogens with zero attached hydrogens (tertiary/aromatic N) is 1. The molecule has 1 amide bonds. The molecule has 0 aromatic rings. The lowest BCUT2D eigenvalue weighted by atomic mass is 9.57. The molecule has 2 fully saturated rings. The first-order valence-corrected chi connectivity index (χ1v) is 7.63. The third kappa shape index (κ3) is 3.65. The van der Waals surface area contributed by atoms with E-state index in [-0.39, 0.29) is 31.4 Å². The van der Waals surface area contributed by atoms with E-state index >= 15 is 0 Å². The van der Waals surface area contributed by atoms with Crippen molar-refractivity contribution in [2.75, 3.05) is 19.6 Å². The predicted molar refractivity (Wildman–Crippen MR) is 76.2 cm³/mol. The second-order valence-electron chi connectivity index (χ2n) is 7.54. The topological polar surface area (TPSA) is 55.6 Å². The summed E-state index contributed by atoms with van der Waals surface area (Å²) in [6, 6.07) is 0. The molecule has 0 radical (unpaired) electrons. The zero-order chi connectivity index (χ0) is 15.9. The fourth-order valence-electron chi connectivity index (χ4n) is 3.55. The van der Waals surface area contributed by atoms with Gasteiger partial charge in [0.05, 0.1) is 0 Å². The number of hydrogen-bond donors (Lipinski definition) is 1. The summed E-state index contributed by atoms with van der Waals surface area (Å²) in [6.45, 7) is 6.82. The lowest BCUT2D eigenvalue weighted by Gasteiger charge is -2.53. The molecule has 0 aromatic carbocycles. The molecule has 6 heteroatoms. The molecule has 0 bridgehead atoms. The van der Waals surface area contributed by atoms with Crippen molar-refractivity contribution in [1.29, 1.82) is 0 Å². The van der Waals surface area contributed by atoms with Crippen molar-refractivity contribution in [3.63, 3.8) is 0 Å². The summed E-state index contributed by atoms with van der Waals surface area (Å²) in [4.78, 5) is 13.8. The molecular formula is C15H26F2N2O2. The Morgan fingerprint density at radius 2 is 2.00 bits per heavy atom. The normalized spacial score (nSPS) is 27.9. The molecule has 21 heavy (non-hydrogen) atoms. The van der Waals surface area contributed by atoms with Gasteiger partial charge in [-0.15, -0.1) is 0 Å². The van der Waals surface area contributed by atoms with Crippen LogP contribution in [0.4, 0.5) is 13.6 Å². The van der Waals surface area contributed by atoms with Gasteiger partial charge in [-0.3, -0.25) is 0 Å². The first-order chi connectivity index (χ1) is 9.57. The maximum Gasteiger partial charge on any atom is 0.410 e. The highest BCUT2D eigenvalue weighted by Gasteiger charge is 2.59. The minimum absolute atomic E-state index is 0.0448. The highest BCUT2D eigenvalue weighted by Crippen LogP contribution is 2.57. The van der Waals surface area contributed by atoms with Gasteiger partial charge in [-0.1, -0.05) is 0 Å². The lowest BCUT2D eigenvalue weighted by molar-refractivity contribution is -0.184. The van der Waals surface area contributed by atoms with Gasteiger partial charge in [-0.2, -0.15) is 0 Å². The fraction of sp³-hybridized carbons (Fsp3) is 0.933. The molecule has 2 N–H and O–H groups in total. The van der Waals surface area contributed by atoms with Crippen molar-refractivity contribution >= 4 is 6.09 Å². The molecule has 1 saturated carbocycles. The highest BCUT2D eigenvalue weighted by atomic mass is 19.3. The average molecular weight is 304 g/mol. The number of carbonyl (C=O) groups excluding carboxylic acids is 1. The van der Waals surface area contributed by atoms with E-state index < -0.39 is 16.9 Å². The smallest absolute Gasteiger partial charge is 0.410 e. The number of halogens is 2. The van der Waals surface area contributed by atoms with Gasteiger partial charge in [-0.25, -0.2) is 13.6 Å². The molecule has 2 rings (SSSR count). The van der Waals surface area contributed by atoms with Crippen LogP contribution >= 0.6 is 0 Å². The molecule has 4 nitrogen and oxygen atoms in total. The summed E-state index contributed by atoms with van der Waals surface area (Å²) in [7, 11) is 0. The van der Waals surface area contributed by atoms with E-state index in [2.05, 4.69) is 0 Å². The van der Waals surface area contributed by atoms with Crippen molar-refractivity contribution in [2.45, 2.75) is 58.0 Å². The Bertz CT molecular complexity index is 399. The van der Waals surface area contributed by atoms with Crippen molar-refractivity contribution in [1.82, 2.24) is 4.90 Å². The Morgan fingerprint density at radius 1 is 1.38 bits per heavy atom. The van der Waals surface area contributed by atoms with Crippen LogP contribution in [0.1, 0.15) is 46.5 Å². The largest absolute Gasteiger partial charge is 0.444 e. The number of carbonyl (C=O) groups is 1. The van der Waals surface area contributed by atoms with Crippen LogP contribution in [0, 0.1) is 11.3 Å². The first kappa shape index (κ1) is 16.5.